The van der Waals surface area contributed by atoms with E-state index in [2.05, 4.69) is 10.6 Å². The minimum absolute atomic E-state index is 0.0670. The van der Waals surface area contributed by atoms with E-state index in [4.69, 9.17) is 23.2 Å². The highest BCUT2D eigenvalue weighted by Gasteiger charge is 2.39. The Morgan fingerprint density at radius 3 is 3.00 bits per heavy atom. The second kappa shape index (κ2) is 3.68. The molecule has 0 bridgehead atoms. The summed E-state index contributed by atoms with van der Waals surface area (Å²) >= 11 is 12.3. The Balaban J connectivity index is 1.88. The number of carbonyl (C=O) groups is 1. The zero-order chi connectivity index (χ0) is 13.1. The smallest absolute Gasteiger partial charge is 0.268 e. The quantitative estimate of drug-likeness (QED) is 0.769. The Morgan fingerprint density at radius 1 is 1.32 bits per heavy atom. The second-order valence-electron chi connectivity index (χ2n) is 4.67. The van der Waals surface area contributed by atoms with Crippen LogP contribution in [0.3, 0.4) is 0 Å². The summed E-state index contributed by atoms with van der Waals surface area (Å²) in [6, 6.07) is 3.66. The lowest BCUT2D eigenvalue weighted by atomic mass is 10.1. The number of amides is 1. The van der Waals surface area contributed by atoms with E-state index in [0.717, 1.165) is 22.5 Å². The molecule has 96 valence electrons. The van der Waals surface area contributed by atoms with Gasteiger partial charge in [0.25, 0.3) is 5.91 Å². The molecule has 0 fully saturated rings. The lowest BCUT2D eigenvalue weighted by molar-refractivity contribution is -0.124. The Hall–Kier alpha value is -1.65. The lowest BCUT2D eigenvalue weighted by Gasteiger charge is -2.31. The predicted octanol–water partition coefficient (Wildman–Crippen LogP) is 2.05. The van der Waals surface area contributed by atoms with Gasteiger partial charge in [-0.05, 0) is 11.6 Å². The van der Waals surface area contributed by atoms with Gasteiger partial charge < -0.3 is 15.5 Å². The maximum Gasteiger partial charge on any atom is 0.268 e. The first-order chi connectivity index (χ1) is 9.16. The fourth-order valence-electron chi connectivity index (χ4n) is 2.79. The Labute approximate surface area is 119 Å². The summed E-state index contributed by atoms with van der Waals surface area (Å²) in [6.45, 7) is 0. The molecule has 2 heterocycles. The highest BCUT2D eigenvalue weighted by atomic mass is 35.5. The van der Waals surface area contributed by atoms with Gasteiger partial charge in [-0.25, -0.2) is 0 Å². The largest absolute Gasteiger partial charge is 0.362 e. The van der Waals surface area contributed by atoms with Crippen molar-refractivity contribution >= 4 is 34.8 Å². The molecule has 0 saturated carbocycles. The van der Waals surface area contributed by atoms with E-state index >= 15 is 0 Å². The first kappa shape index (κ1) is 11.2. The maximum atomic E-state index is 12.0. The Morgan fingerprint density at radius 2 is 2.16 bits per heavy atom. The molecule has 1 unspecified atom stereocenters. The number of rotatable bonds is 0. The lowest BCUT2D eigenvalue weighted by Crippen LogP contribution is -2.51. The normalized spacial score (nSPS) is 22.9. The summed E-state index contributed by atoms with van der Waals surface area (Å²) in [5.74, 6) is -0.0670. The van der Waals surface area contributed by atoms with Crippen LogP contribution in [-0.4, -0.2) is 17.0 Å². The van der Waals surface area contributed by atoms with Crippen molar-refractivity contribution in [3.05, 3.63) is 51.4 Å². The zero-order valence-electron chi connectivity index (χ0n) is 9.71. The van der Waals surface area contributed by atoms with Crippen molar-refractivity contribution in [1.82, 2.24) is 15.5 Å². The summed E-state index contributed by atoms with van der Waals surface area (Å²) in [5.41, 5.74) is 3.81. The van der Waals surface area contributed by atoms with Crippen molar-refractivity contribution in [2.24, 2.45) is 0 Å². The number of fused-ring (bicyclic) bond motifs is 4. The average Bonchev–Trinajstić information content (AvgIpc) is 2.98. The summed E-state index contributed by atoms with van der Waals surface area (Å²) in [6.07, 6.45) is 3.97. The van der Waals surface area contributed by atoms with Crippen molar-refractivity contribution < 1.29 is 4.79 Å². The van der Waals surface area contributed by atoms with E-state index in [1.54, 1.807) is 12.3 Å². The van der Waals surface area contributed by atoms with Crippen LogP contribution in [-0.2, 0) is 11.2 Å². The van der Waals surface area contributed by atoms with E-state index in [1.165, 1.54) is 0 Å². The molecule has 1 aromatic carbocycles. The molecule has 4 rings (SSSR count). The molecule has 0 aromatic heterocycles. The molecule has 0 spiro atoms. The van der Waals surface area contributed by atoms with Gasteiger partial charge in [0.05, 0.1) is 15.7 Å². The SMILES string of the molecule is O=C1NC2=C(Cc3c2ccc(Cl)c3Cl)N2C=CNC12. The number of nitrogens with one attached hydrogen (secondary N) is 2. The highest BCUT2D eigenvalue weighted by Crippen LogP contribution is 2.42. The molecule has 19 heavy (non-hydrogen) atoms. The van der Waals surface area contributed by atoms with Crippen molar-refractivity contribution in [2.45, 2.75) is 12.6 Å². The molecular weight excluding hydrogens is 285 g/mol. The molecule has 2 aliphatic heterocycles. The Bertz CT molecular complexity index is 681. The fourth-order valence-corrected chi connectivity index (χ4v) is 3.20. The van der Waals surface area contributed by atoms with Gasteiger partial charge in [-0.2, -0.15) is 0 Å². The van der Waals surface area contributed by atoms with Gasteiger partial charge in [-0.15, -0.1) is 0 Å². The van der Waals surface area contributed by atoms with Gasteiger partial charge in [0.15, 0.2) is 6.17 Å². The topological polar surface area (TPSA) is 44.4 Å². The third-order valence-electron chi connectivity index (χ3n) is 3.67. The van der Waals surface area contributed by atoms with Gasteiger partial charge in [0, 0.05) is 30.1 Å². The van der Waals surface area contributed by atoms with Crippen LogP contribution in [0, 0.1) is 0 Å². The van der Waals surface area contributed by atoms with E-state index in [9.17, 15) is 4.79 Å². The van der Waals surface area contributed by atoms with Crippen LogP contribution in [0.1, 0.15) is 11.1 Å². The van der Waals surface area contributed by atoms with Gasteiger partial charge in [0.1, 0.15) is 0 Å². The number of hydrogen-bond acceptors (Lipinski definition) is 3. The number of benzene rings is 1. The van der Waals surface area contributed by atoms with Crippen LogP contribution in [0.2, 0.25) is 10.0 Å². The summed E-state index contributed by atoms with van der Waals surface area (Å²) in [5, 5.41) is 7.07. The number of carbonyl (C=O) groups excluding carboxylic acids is 1. The summed E-state index contributed by atoms with van der Waals surface area (Å²) < 4.78 is 0. The van der Waals surface area contributed by atoms with E-state index in [0.29, 0.717) is 16.5 Å². The number of halogens is 2. The number of hydrogen-bond donors (Lipinski definition) is 2. The first-order valence-corrected chi connectivity index (χ1v) is 6.65. The van der Waals surface area contributed by atoms with Crippen molar-refractivity contribution in [3.8, 4) is 0 Å². The maximum absolute atomic E-state index is 12.0. The van der Waals surface area contributed by atoms with E-state index < -0.39 is 0 Å². The monoisotopic (exact) mass is 293 g/mol. The third kappa shape index (κ3) is 1.38. The van der Waals surface area contributed by atoms with Crippen LogP contribution in [0.25, 0.3) is 5.70 Å². The average molecular weight is 294 g/mol. The molecule has 1 aromatic rings. The van der Waals surface area contributed by atoms with Crippen molar-refractivity contribution in [3.63, 3.8) is 0 Å². The molecule has 3 aliphatic rings. The second-order valence-corrected chi connectivity index (χ2v) is 5.45. The molecule has 1 amide bonds. The minimum Gasteiger partial charge on any atom is -0.362 e. The summed E-state index contributed by atoms with van der Waals surface area (Å²) in [4.78, 5) is 14.0. The summed E-state index contributed by atoms with van der Waals surface area (Å²) in [7, 11) is 0. The Kier molecular flexibility index (Phi) is 2.17. The van der Waals surface area contributed by atoms with Crippen LogP contribution in [0.5, 0.6) is 0 Å². The minimum atomic E-state index is -0.359. The van der Waals surface area contributed by atoms with Gasteiger partial charge >= 0.3 is 0 Å². The molecule has 1 aliphatic carbocycles. The first-order valence-electron chi connectivity index (χ1n) is 5.89. The van der Waals surface area contributed by atoms with Crippen LogP contribution in [0.4, 0.5) is 0 Å². The standard InChI is InChI=1S/C13H9Cl2N3O/c14-8-2-1-6-7(10(8)15)5-9-11(6)17-13(19)12-16-3-4-18(9)12/h1-4,12,16H,5H2,(H,17,19). The van der Waals surface area contributed by atoms with Crippen molar-refractivity contribution in [2.75, 3.05) is 0 Å². The van der Waals surface area contributed by atoms with Gasteiger partial charge in [-0.1, -0.05) is 29.3 Å². The molecule has 6 heteroatoms. The number of allylic oxidation sites excluding steroid dienone is 1. The van der Waals surface area contributed by atoms with Crippen LogP contribution < -0.4 is 10.6 Å². The van der Waals surface area contributed by atoms with Gasteiger partial charge in [0.2, 0.25) is 0 Å². The molecular formula is C13H9Cl2N3O. The van der Waals surface area contributed by atoms with Crippen LogP contribution >= 0.6 is 23.2 Å². The molecule has 2 N–H and O–H groups in total. The highest BCUT2D eigenvalue weighted by molar-refractivity contribution is 6.42. The van der Waals surface area contributed by atoms with Crippen LogP contribution in [0.15, 0.2) is 30.2 Å². The molecule has 1 atom stereocenters. The molecule has 4 nitrogen and oxygen atoms in total. The third-order valence-corrected chi connectivity index (χ3v) is 4.52. The predicted molar refractivity (Wildman–Crippen MR) is 73.1 cm³/mol. The van der Waals surface area contributed by atoms with E-state index in [1.807, 2.05) is 17.2 Å². The number of nitrogens with zero attached hydrogens (tertiary/aromatic N) is 1. The molecule has 0 radical (unpaired) electrons. The molecule has 0 saturated heterocycles. The van der Waals surface area contributed by atoms with Crippen molar-refractivity contribution in [1.29, 1.82) is 0 Å². The fraction of sp³-hybridized carbons (Fsp3) is 0.154. The van der Waals surface area contributed by atoms with E-state index in [-0.39, 0.29) is 12.1 Å². The zero-order valence-corrected chi connectivity index (χ0v) is 11.2. The van der Waals surface area contributed by atoms with Gasteiger partial charge in [-0.3, -0.25) is 4.79 Å².